The van der Waals surface area contributed by atoms with Crippen LogP contribution >= 0.6 is 0 Å². The molecule has 22 heavy (non-hydrogen) atoms. The van der Waals surface area contributed by atoms with E-state index in [-0.39, 0.29) is 23.3 Å². The van der Waals surface area contributed by atoms with Crippen LogP contribution in [0.2, 0.25) is 0 Å². The number of amides is 1. The van der Waals surface area contributed by atoms with Gasteiger partial charge in [-0.2, -0.15) is 5.26 Å². The zero-order valence-corrected chi connectivity index (χ0v) is 12.2. The topological polar surface area (TPSA) is 94.5 Å². The predicted octanol–water partition coefficient (Wildman–Crippen LogP) is 2.26. The third-order valence-electron chi connectivity index (χ3n) is 5.16. The fourth-order valence-electron chi connectivity index (χ4n) is 3.66. The molecule has 1 saturated carbocycles. The molecule has 116 valence electrons. The second-order valence-corrected chi connectivity index (χ2v) is 6.16. The normalized spacial score (nSPS) is 21.0. The van der Waals surface area contributed by atoms with E-state index in [1.807, 2.05) is 6.07 Å². The van der Waals surface area contributed by atoms with Crippen LogP contribution in [0.25, 0.3) is 0 Å². The van der Waals surface area contributed by atoms with E-state index in [0.717, 1.165) is 19.3 Å². The summed E-state index contributed by atoms with van der Waals surface area (Å²) >= 11 is 0. The molecule has 6 heteroatoms. The standard InChI is InChI=1S/C16H18N2O4/c17-10-12-2-3-13(22-12)14(19)18-8-4-11(5-9-18)16(15(20)21)6-1-7-16/h2-3,11H,1,4-9H2,(H,20,21). The number of nitriles is 1. The number of carbonyl (C=O) groups is 2. The van der Waals surface area contributed by atoms with Crippen LogP contribution in [-0.2, 0) is 4.79 Å². The first kappa shape index (κ1) is 14.6. The molecule has 2 fully saturated rings. The summed E-state index contributed by atoms with van der Waals surface area (Å²) in [6.45, 7) is 1.09. The zero-order chi connectivity index (χ0) is 15.7. The lowest BCUT2D eigenvalue weighted by molar-refractivity contribution is -0.161. The molecule has 2 aliphatic rings. The maximum Gasteiger partial charge on any atom is 0.309 e. The Balaban J connectivity index is 1.63. The first-order valence-corrected chi connectivity index (χ1v) is 7.59. The summed E-state index contributed by atoms with van der Waals surface area (Å²) in [6.07, 6.45) is 3.91. The Bertz CT molecular complexity index is 631. The van der Waals surface area contributed by atoms with Gasteiger partial charge in [0.25, 0.3) is 5.91 Å². The number of piperidine rings is 1. The van der Waals surface area contributed by atoms with E-state index in [2.05, 4.69) is 0 Å². The minimum atomic E-state index is -0.687. The van der Waals surface area contributed by atoms with Crippen molar-refractivity contribution in [1.82, 2.24) is 4.90 Å². The minimum Gasteiger partial charge on any atom is -0.481 e. The molecule has 1 saturated heterocycles. The van der Waals surface area contributed by atoms with Crippen LogP contribution in [0, 0.1) is 22.7 Å². The maximum atomic E-state index is 12.3. The van der Waals surface area contributed by atoms with Crippen molar-refractivity contribution in [3.63, 3.8) is 0 Å². The lowest BCUT2D eigenvalue weighted by atomic mass is 9.58. The minimum absolute atomic E-state index is 0.123. The van der Waals surface area contributed by atoms with Gasteiger partial charge in [0.1, 0.15) is 6.07 Å². The number of rotatable bonds is 3. The van der Waals surface area contributed by atoms with Crippen LogP contribution in [-0.4, -0.2) is 35.0 Å². The molecule has 1 aromatic rings. The monoisotopic (exact) mass is 302 g/mol. The first-order valence-electron chi connectivity index (χ1n) is 7.59. The van der Waals surface area contributed by atoms with Gasteiger partial charge in [-0.3, -0.25) is 9.59 Å². The van der Waals surface area contributed by atoms with Gasteiger partial charge in [0.2, 0.25) is 5.76 Å². The number of nitrogens with zero attached hydrogens (tertiary/aromatic N) is 2. The van der Waals surface area contributed by atoms with E-state index in [9.17, 15) is 14.7 Å². The van der Waals surface area contributed by atoms with Crippen LogP contribution in [0.4, 0.5) is 0 Å². The Labute approximate surface area is 128 Å². The van der Waals surface area contributed by atoms with Gasteiger partial charge in [-0.05, 0) is 43.7 Å². The molecule has 1 aromatic heterocycles. The highest BCUT2D eigenvalue weighted by Gasteiger charge is 2.51. The summed E-state index contributed by atoms with van der Waals surface area (Å²) in [5, 5.41) is 18.2. The molecule has 0 spiro atoms. The van der Waals surface area contributed by atoms with E-state index >= 15 is 0 Å². The van der Waals surface area contributed by atoms with E-state index in [1.54, 1.807) is 4.90 Å². The van der Waals surface area contributed by atoms with Gasteiger partial charge < -0.3 is 14.4 Å². The van der Waals surface area contributed by atoms with Crippen LogP contribution < -0.4 is 0 Å². The summed E-state index contributed by atoms with van der Waals surface area (Å²) in [5.74, 6) is -0.468. The Morgan fingerprint density at radius 1 is 1.32 bits per heavy atom. The van der Waals surface area contributed by atoms with Crippen molar-refractivity contribution in [3.05, 3.63) is 23.7 Å². The number of furan rings is 1. The van der Waals surface area contributed by atoms with E-state index in [1.165, 1.54) is 12.1 Å². The number of hydrogen-bond donors (Lipinski definition) is 1. The van der Waals surface area contributed by atoms with Crippen molar-refractivity contribution in [2.45, 2.75) is 32.1 Å². The van der Waals surface area contributed by atoms with Crippen molar-refractivity contribution in [1.29, 1.82) is 5.26 Å². The van der Waals surface area contributed by atoms with Gasteiger partial charge >= 0.3 is 5.97 Å². The molecule has 1 amide bonds. The second kappa shape index (κ2) is 5.48. The van der Waals surface area contributed by atoms with E-state index < -0.39 is 11.4 Å². The molecule has 3 rings (SSSR count). The average Bonchev–Trinajstić information content (AvgIpc) is 2.94. The van der Waals surface area contributed by atoms with Gasteiger partial charge in [-0.25, -0.2) is 0 Å². The van der Waals surface area contributed by atoms with Crippen molar-refractivity contribution in [2.24, 2.45) is 11.3 Å². The quantitative estimate of drug-likeness (QED) is 0.924. The van der Waals surface area contributed by atoms with Gasteiger partial charge in [-0.1, -0.05) is 6.42 Å². The highest BCUT2D eigenvalue weighted by atomic mass is 16.4. The van der Waals surface area contributed by atoms with Crippen LogP contribution in [0.5, 0.6) is 0 Å². The highest BCUT2D eigenvalue weighted by molar-refractivity contribution is 5.91. The van der Waals surface area contributed by atoms with Crippen LogP contribution in [0.15, 0.2) is 16.5 Å². The molecular formula is C16H18N2O4. The fourth-order valence-corrected chi connectivity index (χ4v) is 3.66. The number of carboxylic acid groups (broad SMARTS) is 1. The largest absolute Gasteiger partial charge is 0.481 e. The Morgan fingerprint density at radius 3 is 2.45 bits per heavy atom. The van der Waals surface area contributed by atoms with Gasteiger partial charge in [-0.15, -0.1) is 0 Å². The first-order chi connectivity index (χ1) is 10.6. The second-order valence-electron chi connectivity index (χ2n) is 6.16. The molecule has 0 radical (unpaired) electrons. The molecule has 2 heterocycles. The van der Waals surface area contributed by atoms with Crippen LogP contribution in [0.1, 0.15) is 48.4 Å². The molecule has 1 aliphatic heterocycles. The number of hydrogen-bond acceptors (Lipinski definition) is 4. The predicted molar refractivity (Wildman–Crippen MR) is 76.0 cm³/mol. The van der Waals surface area contributed by atoms with Crippen molar-refractivity contribution in [3.8, 4) is 6.07 Å². The highest BCUT2D eigenvalue weighted by Crippen LogP contribution is 2.50. The Morgan fingerprint density at radius 2 is 2.00 bits per heavy atom. The number of aliphatic carboxylic acids is 1. The van der Waals surface area contributed by atoms with E-state index in [4.69, 9.17) is 9.68 Å². The van der Waals surface area contributed by atoms with Crippen molar-refractivity contribution < 1.29 is 19.1 Å². The summed E-state index contributed by atoms with van der Waals surface area (Å²) in [4.78, 5) is 25.5. The molecule has 0 atom stereocenters. The number of carbonyl (C=O) groups excluding carboxylic acids is 1. The smallest absolute Gasteiger partial charge is 0.309 e. The summed E-state index contributed by atoms with van der Waals surface area (Å²) in [6, 6.07) is 4.85. The van der Waals surface area contributed by atoms with Gasteiger partial charge in [0.15, 0.2) is 5.76 Å². The summed E-state index contributed by atoms with van der Waals surface area (Å²) in [7, 11) is 0. The maximum absolute atomic E-state index is 12.3. The number of likely N-dealkylation sites (tertiary alicyclic amines) is 1. The molecule has 0 bridgehead atoms. The summed E-state index contributed by atoms with van der Waals surface area (Å²) in [5.41, 5.74) is -0.562. The van der Waals surface area contributed by atoms with Crippen molar-refractivity contribution >= 4 is 11.9 Å². The third kappa shape index (κ3) is 2.27. The molecular weight excluding hydrogens is 284 g/mol. The third-order valence-corrected chi connectivity index (χ3v) is 5.16. The molecule has 0 unspecified atom stereocenters. The zero-order valence-electron chi connectivity index (χ0n) is 12.2. The average molecular weight is 302 g/mol. The van der Waals surface area contributed by atoms with Crippen molar-refractivity contribution in [2.75, 3.05) is 13.1 Å². The molecule has 6 nitrogen and oxygen atoms in total. The Hall–Kier alpha value is -2.29. The molecule has 1 aliphatic carbocycles. The molecule has 0 aromatic carbocycles. The lowest BCUT2D eigenvalue weighted by Crippen LogP contribution is -2.49. The summed E-state index contributed by atoms with van der Waals surface area (Å²) < 4.78 is 5.17. The van der Waals surface area contributed by atoms with Crippen LogP contribution in [0.3, 0.4) is 0 Å². The SMILES string of the molecule is N#Cc1ccc(C(=O)N2CCC(C3(C(=O)O)CCC3)CC2)o1. The lowest BCUT2D eigenvalue weighted by Gasteiger charge is -2.47. The number of carboxylic acids is 1. The van der Waals surface area contributed by atoms with Gasteiger partial charge in [0, 0.05) is 13.1 Å². The Kier molecular flexibility index (Phi) is 3.65. The van der Waals surface area contributed by atoms with E-state index in [0.29, 0.717) is 25.9 Å². The molecule has 1 N–H and O–H groups in total. The fraction of sp³-hybridized carbons (Fsp3) is 0.562. The van der Waals surface area contributed by atoms with Gasteiger partial charge in [0.05, 0.1) is 5.41 Å².